The molecule has 2 aliphatic rings. The van der Waals surface area contributed by atoms with E-state index < -0.39 is 59.8 Å². The Kier molecular flexibility index (Phi) is 8.24. The van der Waals surface area contributed by atoms with E-state index in [0.717, 1.165) is 12.5 Å². The number of aliphatic hydroxyl groups is 1. The second-order valence-electron chi connectivity index (χ2n) is 8.78. The molecule has 182 valence electrons. The molecule has 0 aromatic rings. The molecular weight excluding hydrogens is 432 g/mol. The molecule has 1 aliphatic heterocycles. The molecule has 1 N–H and O–H groups in total. The van der Waals surface area contributed by atoms with E-state index in [1.54, 1.807) is 6.08 Å². The van der Waals surface area contributed by atoms with Gasteiger partial charge >= 0.3 is 23.9 Å². The topological polar surface area (TPSA) is 125 Å². The summed E-state index contributed by atoms with van der Waals surface area (Å²) in [5, 5.41) is 10.7. The normalized spacial score (nSPS) is 30.0. The van der Waals surface area contributed by atoms with E-state index in [4.69, 9.17) is 18.9 Å². The maximum atomic E-state index is 13.0. The Bertz CT molecular complexity index is 882. The van der Waals surface area contributed by atoms with Crippen molar-refractivity contribution in [2.75, 3.05) is 0 Å². The Hall–Kier alpha value is -2.94. The third kappa shape index (κ3) is 6.31. The van der Waals surface area contributed by atoms with Crippen molar-refractivity contribution in [2.24, 2.45) is 5.92 Å². The molecule has 0 unspecified atom stereocenters. The number of hydrogen-bond acceptors (Lipinski definition) is 9. The number of ether oxygens (including phenoxy) is 4. The van der Waals surface area contributed by atoms with Crippen LogP contribution in [0.15, 0.2) is 36.0 Å². The predicted molar refractivity (Wildman–Crippen MR) is 117 cm³/mol. The van der Waals surface area contributed by atoms with Gasteiger partial charge in [0.15, 0.2) is 5.60 Å². The Morgan fingerprint density at radius 1 is 1.21 bits per heavy atom. The van der Waals surface area contributed by atoms with Gasteiger partial charge in [0.2, 0.25) is 0 Å². The molecule has 1 fully saturated rings. The van der Waals surface area contributed by atoms with Gasteiger partial charge in [0.25, 0.3) is 0 Å². The highest BCUT2D eigenvalue weighted by molar-refractivity contribution is 5.91. The van der Waals surface area contributed by atoms with E-state index in [1.165, 1.54) is 20.8 Å². The minimum Gasteiger partial charge on any atom is -0.459 e. The number of esters is 4. The fourth-order valence-corrected chi connectivity index (χ4v) is 3.87. The molecule has 1 heterocycles. The molecule has 2 rings (SSSR count). The van der Waals surface area contributed by atoms with Crippen molar-refractivity contribution in [3.05, 3.63) is 36.0 Å². The lowest BCUT2D eigenvalue weighted by Gasteiger charge is -2.33. The summed E-state index contributed by atoms with van der Waals surface area (Å²) < 4.78 is 21.5. The van der Waals surface area contributed by atoms with E-state index in [0.29, 0.717) is 18.4 Å². The molecule has 9 nitrogen and oxygen atoms in total. The standard InChI is InChI=1S/C24H32O9/c1-12-8-9-18(31-17(6)26)13(2)11-20(21-14(3)22(27)32-19(21)10-12)33-23(28)24(7,29)15(4)30-16(5)25/h10,15,18-21,29H,2-3,8-9,11H2,1,4-7H3/b12-10+/t15-,18-,19+,20+,21-,24+/m0/s1. The Balaban J connectivity index is 2.42. The zero-order chi connectivity index (χ0) is 25.1. The van der Waals surface area contributed by atoms with Crippen LogP contribution in [0.5, 0.6) is 0 Å². The van der Waals surface area contributed by atoms with Gasteiger partial charge < -0.3 is 24.1 Å². The summed E-state index contributed by atoms with van der Waals surface area (Å²) in [7, 11) is 0. The highest BCUT2D eigenvalue weighted by Crippen LogP contribution is 2.38. The van der Waals surface area contributed by atoms with Gasteiger partial charge in [0, 0.05) is 25.8 Å². The van der Waals surface area contributed by atoms with Crippen molar-refractivity contribution in [1.82, 2.24) is 0 Å². The van der Waals surface area contributed by atoms with E-state index in [-0.39, 0.29) is 12.0 Å². The highest BCUT2D eigenvalue weighted by Gasteiger charge is 2.48. The molecule has 0 bridgehead atoms. The molecule has 1 aliphatic carbocycles. The van der Waals surface area contributed by atoms with Crippen molar-refractivity contribution in [2.45, 2.75) is 83.9 Å². The van der Waals surface area contributed by atoms with E-state index in [9.17, 15) is 24.3 Å². The maximum absolute atomic E-state index is 13.0. The van der Waals surface area contributed by atoms with E-state index in [2.05, 4.69) is 13.2 Å². The number of hydrogen-bond donors (Lipinski definition) is 1. The van der Waals surface area contributed by atoms with Crippen LogP contribution in [0.2, 0.25) is 0 Å². The Morgan fingerprint density at radius 3 is 2.42 bits per heavy atom. The Labute approximate surface area is 193 Å². The van der Waals surface area contributed by atoms with E-state index >= 15 is 0 Å². The van der Waals surface area contributed by atoms with Gasteiger partial charge in [-0.15, -0.1) is 0 Å². The quantitative estimate of drug-likeness (QED) is 0.282. The fraction of sp³-hybridized carbons (Fsp3) is 0.583. The van der Waals surface area contributed by atoms with Crippen LogP contribution >= 0.6 is 0 Å². The summed E-state index contributed by atoms with van der Waals surface area (Å²) in [4.78, 5) is 48.2. The van der Waals surface area contributed by atoms with Crippen LogP contribution in [0.25, 0.3) is 0 Å². The molecule has 0 radical (unpaired) electrons. The SMILES string of the molecule is C=C1C(=O)O[C@@H]2/C=C(\C)CC[C@H](OC(C)=O)C(=C)C[C@@H](OC(=O)[C@](C)(O)[C@H](C)OC(C)=O)[C@@H]12. The third-order valence-electron chi connectivity index (χ3n) is 5.94. The average Bonchev–Trinajstić information content (AvgIpc) is 2.96. The monoisotopic (exact) mass is 464 g/mol. The van der Waals surface area contributed by atoms with Gasteiger partial charge in [-0.3, -0.25) is 9.59 Å². The van der Waals surface area contributed by atoms with Crippen LogP contribution in [0.4, 0.5) is 0 Å². The summed E-state index contributed by atoms with van der Waals surface area (Å²) in [6, 6.07) is 0. The van der Waals surface area contributed by atoms with Crippen LogP contribution in [-0.2, 0) is 38.1 Å². The van der Waals surface area contributed by atoms with Gasteiger partial charge in [0.05, 0.1) is 5.92 Å². The summed E-state index contributed by atoms with van der Waals surface area (Å²) in [6.07, 6.45) is -0.733. The highest BCUT2D eigenvalue weighted by atomic mass is 16.6. The predicted octanol–water partition coefficient (Wildman–Crippen LogP) is 2.32. The second kappa shape index (κ2) is 10.3. The Morgan fingerprint density at radius 2 is 1.85 bits per heavy atom. The number of fused-ring (bicyclic) bond motifs is 1. The van der Waals surface area contributed by atoms with Gasteiger partial charge in [0.1, 0.15) is 24.4 Å². The maximum Gasteiger partial charge on any atom is 0.342 e. The molecule has 0 aromatic carbocycles. The van der Waals surface area contributed by atoms with Crippen molar-refractivity contribution in [3.8, 4) is 0 Å². The average molecular weight is 465 g/mol. The lowest BCUT2D eigenvalue weighted by Crippen LogP contribution is -2.50. The lowest BCUT2D eigenvalue weighted by atomic mass is 9.83. The van der Waals surface area contributed by atoms with Gasteiger partial charge in [-0.1, -0.05) is 18.7 Å². The molecule has 0 saturated carbocycles. The van der Waals surface area contributed by atoms with E-state index in [1.807, 2.05) is 6.92 Å². The van der Waals surface area contributed by atoms with Crippen LogP contribution in [0.1, 0.15) is 53.9 Å². The van der Waals surface area contributed by atoms with Crippen LogP contribution in [0, 0.1) is 5.92 Å². The minimum atomic E-state index is -2.16. The van der Waals surface area contributed by atoms with Gasteiger partial charge in [-0.25, -0.2) is 9.59 Å². The number of carbonyl (C=O) groups is 4. The number of carbonyl (C=O) groups excluding carboxylic acids is 4. The van der Waals surface area contributed by atoms with Crippen molar-refractivity contribution in [3.63, 3.8) is 0 Å². The summed E-state index contributed by atoms with van der Waals surface area (Å²) in [6.45, 7) is 14.7. The number of rotatable bonds is 5. The summed E-state index contributed by atoms with van der Waals surface area (Å²) in [5.41, 5.74) is -0.674. The fourth-order valence-electron chi connectivity index (χ4n) is 3.87. The molecule has 6 atom stereocenters. The first-order valence-electron chi connectivity index (χ1n) is 10.8. The molecule has 9 heteroatoms. The first kappa shape index (κ1) is 26.3. The minimum absolute atomic E-state index is 0.0332. The third-order valence-corrected chi connectivity index (χ3v) is 5.94. The molecular formula is C24H32O9. The van der Waals surface area contributed by atoms with Crippen LogP contribution < -0.4 is 0 Å². The van der Waals surface area contributed by atoms with Gasteiger partial charge in [-0.05, 0) is 45.3 Å². The van der Waals surface area contributed by atoms with Crippen LogP contribution in [0.3, 0.4) is 0 Å². The second-order valence-corrected chi connectivity index (χ2v) is 8.78. The van der Waals surface area contributed by atoms with Crippen LogP contribution in [-0.4, -0.2) is 59.0 Å². The molecule has 0 amide bonds. The zero-order valence-electron chi connectivity index (χ0n) is 19.7. The van der Waals surface area contributed by atoms with Gasteiger partial charge in [-0.2, -0.15) is 0 Å². The van der Waals surface area contributed by atoms with Crippen molar-refractivity contribution >= 4 is 23.9 Å². The number of allylic oxidation sites excluding steroid dienone is 1. The first-order chi connectivity index (χ1) is 15.2. The molecule has 0 spiro atoms. The summed E-state index contributed by atoms with van der Waals surface area (Å²) >= 11 is 0. The smallest absolute Gasteiger partial charge is 0.342 e. The summed E-state index contributed by atoms with van der Waals surface area (Å²) in [5.74, 6) is -3.56. The molecule has 0 aromatic heterocycles. The van der Waals surface area contributed by atoms with Crippen molar-refractivity contribution < 1.29 is 43.2 Å². The lowest BCUT2D eigenvalue weighted by molar-refractivity contribution is -0.188. The largest absolute Gasteiger partial charge is 0.459 e. The van der Waals surface area contributed by atoms with Crippen molar-refractivity contribution in [1.29, 1.82) is 0 Å². The zero-order valence-corrected chi connectivity index (χ0v) is 19.7. The first-order valence-corrected chi connectivity index (χ1v) is 10.8. The molecule has 33 heavy (non-hydrogen) atoms. The molecule has 1 saturated heterocycles.